The molecule has 0 saturated carbocycles. The molecule has 4 rings (SSSR count). The highest BCUT2D eigenvalue weighted by atomic mass is 16.5. The molecule has 7 heteroatoms. The maximum Gasteiger partial charge on any atom is 0.275 e. The summed E-state index contributed by atoms with van der Waals surface area (Å²) in [6, 6.07) is 9.04. The molecule has 2 bridgehead atoms. The first kappa shape index (κ1) is 21.8. The van der Waals surface area contributed by atoms with Crippen molar-refractivity contribution in [1.29, 1.82) is 0 Å². The maximum absolute atomic E-state index is 13.0. The van der Waals surface area contributed by atoms with Gasteiger partial charge < -0.3 is 24.7 Å². The maximum atomic E-state index is 13.0. The van der Waals surface area contributed by atoms with Crippen molar-refractivity contribution in [3.8, 4) is 5.75 Å². The van der Waals surface area contributed by atoms with E-state index in [0.29, 0.717) is 37.3 Å². The number of piperidine rings is 1. The van der Waals surface area contributed by atoms with Gasteiger partial charge in [-0.05, 0) is 69.3 Å². The molecule has 1 aromatic carbocycles. The quantitative estimate of drug-likeness (QED) is 0.794. The smallest absolute Gasteiger partial charge is 0.275 e. The summed E-state index contributed by atoms with van der Waals surface area (Å²) in [6.45, 7) is 4.13. The van der Waals surface area contributed by atoms with E-state index in [4.69, 9.17) is 14.9 Å². The topological polar surface area (TPSA) is 84.8 Å². The summed E-state index contributed by atoms with van der Waals surface area (Å²) in [6.07, 6.45) is 9.64. The molecule has 1 unspecified atom stereocenters. The Kier molecular flexibility index (Phi) is 7.59. The van der Waals surface area contributed by atoms with E-state index in [-0.39, 0.29) is 12.5 Å². The Labute approximate surface area is 184 Å². The number of hydrogen-bond donors (Lipinski definition) is 1. The third kappa shape index (κ3) is 5.86. The van der Waals surface area contributed by atoms with Gasteiger partial charge in [-0.25, -0.2) is 4.98 Å². The highest BCUT2D eigenvalue weighted by Gasteiger charge is 2.23. The van der Waals surface area contributed by atoms with Crippen molar-refractivity contribution >= 4 is 5.91 Å². The first-order valence-electron chi connectivity index (χ1n) is 11.6. The van der Waals surface area contributed by atoms with Crippen LogP contribution in [0.25, 0.3) is 0 Å². The lowest BCUT2D eigenvalue weighted by atomic mass is 9.95. The van der Waals surface area contributed by atoms with Crippen LogP contribution in [-0.2, 0) is 13.0 Å². The molecule has 31 heavy (non-hydrogen) atoms. The number of rotatable bonds is 2. The molecule has 0 radical (unpaired) electrons. The second kappa shape index (κ2) is 10.8. The van der Waals surface area contributed by atoms with E-state index < -0.39 is 0 Å². The first-order valence-corrected chi connectivity index (χ1v) is 11.6. The molecule has 0 spiro atoms. The number of ether oxygens (including phenoxy) is 1. The summed E-state index contributed by atoms with van der Waals surface area (Å²) in [7, 11) is 0. The highest BCUT2D eigenvalue weighted by Crippen LogP contribution is 2.23. The van der Waals surface area contributed by atoms with Gasteiger partial charge in [-0.1, -0.05) is 18.6 Å². The van der Waals surface area contributed by atoms with Gasteiger partial charge in [0.05, 0.1) is 13.1 Å². The van der Waals surface area contributed by atoms with Crippen LogP contribution in [0.1, 0.15) is 60.5 Å². The Morgan fingerprint density at radius 3 is 2.77 bits per heavy atom. The molecule has 2 aliphatic rings. The monoisotopic (exact) mass is 426 g/mol. The number of nitrogens with two attached hydrogens (primary N) is 1. The van der Waals surface area contributed by atoms with Gasteiger partial charge in [0.2, 0.25) is 5.89 Å². The average molecular weight is 427 g/mol. The van der Waals surface area contributed by atoms with Crippen molar-refractivity contribution in [2.24, 2.45) is 5.73 Å². The largest absolute Gasteiger partial charge is 0.492 e. The van der Waals surface area contributed by atoms with Gasteiger partial charge in [0.25, 0.3) is 5.91 Å². The van der Waals surface area contributed by atoms with Crippen molar-refractivity contribution in [2.75, 3.05) is 32.8 Å². The molecular formula is C24H34N4O3. The molecule has 1 saturated heterocycles. The standard InChI is InChI=1S/C24H34N4O3/c25-17-23-26-22(18-31-23)24(29)28-13-4-3-12-27-11-2-1-7-20(27)10-9-19-6-5-8-21(16-19)30-15-14-28/h5-6,8,16,18,20H,1-4,7,9-15,17,25H2. The van der Waals surface area contributed by atoms with Crippen LogP contribution < -0.4 is 10.5 Å². The van der Waals surface area contributed by atoms with Gasteiger partial charge in [0.1, 0.15) is 18.6 Å². The molecule has 1 atom stereocenters. The van der Waals surface area contributed by atoms with Gasteiger partial charge >= 0.3 is 0 Å². The van der Waals surface area contributed by atoms with Crippen LogP contribution in [0.5, 0.6) is 5.75 Å². The fourth-order valence-electron chi connectivity index (χ4n) is 4.68. The summed E-state index contributed by atoms with van der Waals surface area (Å²) in [5.74, 6) is 1.12. The number of aromatic nitrogens is 1. The Hall–Kier alpha value is -2.38. The van der Waals surface area contributed by atoms with Gasteiger partial charge in [-0.2, -0.15) is 0 Å². The van der Waals surface area contributed by atoms with Crippen molar-refractivity contribution in [2.45, 2.75) is 57.5 Å². The van der Waals surface area contributed by atoms with Crippen LogP contribution in [0, 0.1) is 0 Å². The molecule has 1 aromatic heterocycles. The van der Waals surface area contributed by atoms with Gasteiger partial charge in [0.15, 0.2) is 5.69 Å². The number of oxazole rings is 1. The van der Waals surface area contributed by atoms with Crippen molar-refractivity contribution < 1.29 is 13.9 Å². The number of benzene rings is 1. The minimum atomic E-state index is -0.124. The van der Waals surface area contributed by atoms with E-state index in [9.17, 15) is 4.79 Å². The second-order valence-electron chi connectivity index (χ2n) is 8.55. The number of carbonyl (C=O) groups is 1. The van der Waals surface area contributed by atoms with Crippen LogP contribution in [0.3, 0.4) is 0 Å². The summed E-state index contributed by atoms with van der Waals surface area (Å²) >= 11 is 0. The molecule has 1 amide bonds. The third-order valence-corrected chi connectivity index (χ3v) is 6.40. The molecule has 0 aliphatic carbocycles. The second-order valence-corrected chi connectivity index (χ2v) is 8.55. The zero-order valence-electron chi connectivity index (χ0n) is 18.3. The van der Waals surface area contributed by atoms with Crippen LogP contribution in [-0.4, -0.2) is 59.5 Å². The van der Waals surface area contributed by atoms with Crippen molar-refractivity contribution in [1.82, 2.24) is 14.8 Å². The molecular weight excluding hydrogens is 392 g/mol. The summed E-state index contributed by atoms with van der Waals surface area (Å²) in [5, 5.41) is 0. The summed E-state index contributed by atoms with van der Waals surface area (Å²) in [5.41, 5.74) is 7.21. The third-order valence-electron chi connectivity index (χ3n) is 6.40. The summed E-state index contributed by atoms with van der Waals surface area (Å²) in [4.78, 5) is 21.7. The van der Waals surface area contributed by atoms with Crippen LogP contribution in [0.2, 0.25) is 0 Å². The van der Waals surface area contributed by atoms with Crippen molar-refractivity contribution in [3.05, 3.63) is 47.7 Å². The van der Waals surface area contributed by atoms with E-state index in [1.807, 2.05) is 11.0 Å². The Morgan fingerprint density at radius 2 is 1.94 bits per heavy atom. The van der Waals surface area contributed by atoms with Gasteiger partial charge in [-0.3, -0.25) is 4.79 Å². The van der Waals surface area contributed by atoms with Crippen molar-refractivity contribution in [3.63, 3.8) is 0 Å². The number of nitrogens with zero attached hydrogens (tertiary/aromatic N) is 3. The summed E-state index contributed by atoms with van der Waals surface area (Å²) < 4.78 is 11.3. The minimum Gasteiger partial charge on any atom is -0.492 e. The van der Waals surface area contributed by atoms with E-state index >= 15 is 0 Å². The lowest BCUT2D eigenvalue weighted by Crippen LogP contribution is -2.41. The number of amides is 1. The van der Waals surface area contributed by atoms with E-state index in [0.717, 1.165) is 31.6 Å². The minimum absolute atomic E-state index is 0.124. The van der Waals surface area contributed by atoms with E-state index in [2.05, 4.69) is 28.1 Å². The number of carbonyl (C=O) groups excluding carboxylic acids is 1. The fraction of sp³-hybridized carbons (Fsp3) is 0.583. The zero-order valence-corrected chi connectivity index (χ0v) is 18.3. The van der Waals surface area contributed by atoms with E-state index in [1.165, 1.54) is 44.1 Å². The Balaban J connectivity index is 1.47. The molecule has 2 aliphatic heterocycles. The lowest BCUT2D eigenvalue weighted by molar-refractivity contribution is 0.0715. The number of hydrogen-bond acceptors (Lipinski definition) is 6. The molecule has 3 heterocycles. The SMILES string of the molecule is NCc1nc(C(=O)N2CCCCN3CCCCC3CCc3cccc(c3)OCC2)co1. The normalized spacial score (nSPS) is 21.5. The highest BCUT2D eigenvalue weighted by molar-refractivity contribution is 5.92. The van der Waals surface area contributed by atoms with Crippen LogP contribution >= 0.6 is 0 Å². The van der Waals surface area contributed by atoms with Gasteiger partial charge in [0, 0.05) is 12.6 Å². The zero-order chi connectivity index (χ0) is 21.5. The Morgan fingerprint density at radius 1 is 1.10 bits per heavy atom. The van der Waals surface area contributed by atoms with Crippen LogP contribution in [0.15, 0.2) is 34.9 Å². The fourth-order valence-corrected chi connectivity index (χ4v) is 4.68. The predicted molar refractivity (Wildman–Crippen MR) is 119 cm³/mol. The molecule has 7 nitrogen and oxygen atoms in total. The molecule has 1 fully saturated rings. The first-order chi connectivity index (χ1) is 15.2. The Bertz CT molecular complexity index is 853. The molecule has 2 N–H and O–H groups in total. The number of aryl methyl sites for hydroxylation is 1. The van der Waals surface area contributed by atoms with Crippen LogP contribution in [0.4, 0.5) is 0 Å². The predicted octanol–water partition coefficient (Wildman–Crippen LogP) is 3.24. The van der Waals surface area contributed by atoms with E-state index in [1.54, 1.807) is 0 Å². The molecule has 168 valence electrons. The van der Waals surface area contributed by atoms with Gasteiger partial charge in [-0.15, -0.1) is 0 Å². The average Bonchev–Trinajstić information content (AvgIpc) is 3.28. The molecule has 2 aromatic rings. The number of fused-ring (bicyclic) bond motifs is 3. The lowest BCUT2D eigenvalue weighted by Gasteiger charge is -2.36.